The van der Waals surface area contributed by atoms with Gasteiger partial charge in [-0.1, -0.05) is 23.8 Å². The summed E-state index contributed by atoms with van der Waals surface area (Å²) in [6, 6.07) is 8.96. The van der Waals surface area contributed by atoms with Gasteiger partial charge in [0, 0.05) is 7.05 Å². The van der Waals surface area contributed by atoms with Crippen LogP contribution in [0, 0.1) is 20.8 Å². The third-order valence-electron chi connectivity index (χ3n) is 4.63. The lowest BCUT2D eigenvalue weighted by Crippen LogP contribution is -2.38. The van der Waals surface area contributed by atoms with Crippen molar-refractivity contribution in [3.63, 3.8) is 0 Å². The first-order chi connectivity index (χ1) is 13.6. The van der Waals surface area contributed by atoms with Crippen molar-refractivity contribution < 1.29 is 22.7 Å². The van der Waals surface area contributed by atoms with E-state index in [2.05, 4.69) is 5.32 Å². The van der Waals surface area contributed by atoms with Crippen molar-refractivity contribution in [1.29, 1.82) is 0 Å². The Balaban J connectivity index is 2.14. The van der Waals surface area contributed by atoms with Gasteiger partial charge in [0.25, 0.3) is 0 Å². The first-order valence-corrected chi connectivity index (χ1v) is 10.6. The molecule has 0 spiro atoms. The van der Waals surface area contributed by atoms with Crippen LogP contribution < -0.4 is 14.8 Å². The highest BCUT2D eigenvalue weighted by Gasteiger charge is 2.26. The molecule has 0 bridgehead atoms. The van der Waals surface area contributed by atoms with Crippen molar-refractivity contribution in [2.45, 2.75) is 32.2 Å². The molecule has 0 radical (unpaired) electrons. The lowest BCUT2D eigenvalue weighted by atomic mass is 10.1. The van der Waals surface area contributed by atoms with Gasteiger partial charge < -0.3 is 14.8 Å². The maximum Gasteiger partial charge on any atom is 0.243 e. The van der Waals surface area contributed by atoms with Gasteiger partial charge in [0.2, 0.25) is 15.9 Å². The average molecular weight is 421 g/mol. The Bertz CT molecular complexity index is 957. The number of carbonyl (C=O) groups excluding carboxylic acids is 1. The molecule has 0 saturated heterocycles. The molecule has 1 N–H and O–H groups in total. The third-order valence-corrected chi connectivity index (χ3v) is 6.74. The Hall–Kier alpha value is -2.58. The van der Waals surface area contributed by atoms with Crippen molar-refractivity contribution in [3.8, 4) is 11.5 Å². The van der Waals surface area contributed by atoms with Crippen molar-refractivity contribution in [2.75, 3.05) is 27.8 Å². The number of sulfonamides is 1. The summed E-state index contributed by atoms with van der Waals surface area (Å²) >= 11 is 0. The summed E-state index contributed by atoms with van der Waals surface area (Å²) in [6.45, 7) is 5.29. The van der Waals surface area contributed by atoms with Crippen LogP contribution >= 0.6 is 0 Å². The third kappa shape index (κ3) is 5.07. The Morgan fingerprint density at radius 3 is 2.03 bits per heavy atom. The standard InChI is InChI=1S/C21H28N2O5S/c1-14-10-15(2)21(16(3)11-14)29(25,26)23(4)13-20(24)22-12-17-18(27-5)8-7-9-19(17)28-6/h7-11H,12-13H2,1-6H3,(H,22,24). The number of aryl methyl sites for hydroxylation is 3. The van der Waals surface area contributed by atoms with Crippen LogP contribution in [0.4, 0.5) is 0 Å². The zero-order valence-corrected chi connectivity index (χ0v) is 18.5. The normalized spacial score (nSPS) is 11.4. The van der Waals surface area contributed by atoms with Crippen molar-refractivity contribution >= 4 is 15.9 Å². The van der Waals surface area contributed by atoms with Crippen molar-refractivity contribution in [1.82, 2.24) is 9.62 Å². The molecule has 0 aromatic heterocycles. The number of nitrogens with one attached hydrogen (secondary N) is 1. The second-order valence-electron chi connectivity index (χ2n) is 6.91. The molecule has 158 valence electrons. The molecule has 7 nitrogen and oxygen atoms in total. The summed E-state index contributed by atoms with van der Waals surface area (Å²) in [4.78, 5) is 12.7. The Morgan fingerprint density at radius 2 is 1.55 bits per heavy atom. The van der Waals surface area contributed by atoms with E-state index in [9.17, 15) is 13.2 Å². The molecule has 0 aliphatic heterocycles. The lowest BCUT2D eigenvalue weighted by molar-refractivity contribution is -0.121. The van der Waals surface area contributed by atoms with E-state index in [0.29, 0.717) is 28.2 Å². The van der Waals surface area contributed by atoms with Crippen LogP contribution in [0.15, 0.2) is 35.2 Å². The van der Waals surface area contributed by atoms with E-state index in [-0.39, 0.29) is 18.0 Å². The minimum Gasteiger partial charge on any atom is -0.496 e. The van der Waals surface area contributed by atoms with Crippen LogP contribution in [0.25, 0.3) is 0 Å². The molecule has 0 heterocycles. The smallest absolute Gasteiger partial charge is 0.243 e. The van der Waals surface area contributed by atoms with Gasteiger partial charge in [-0.2, -0.15) is 4.31 Å². The molecule has 0 aliphatic carbocycles. The number of methoxy groups -OCH3 is 2. The number of hydrogen-bond donors (Lipinski definition) is 1. The molecule has 0 aliphatic rings. The molecule has 2 aromatic carbocycles. The second-order valence-corrected chi connectivity index (χ2v) is 8.89. The minimum atomic E-state index is -3.80. The molecule has 8 heteroatoms. The van der Waals surface area contributed by atoms with Crippen LogP contribution in [-0.4, -0.2) is 46.4 Å². The van der Waals surface area contributed by atoms with Crippen LogP contribution in [-0.2, 0) is 21.4 Å². The van der Waals surface area contributed by atoms with Gasteiger partial charge in [0.15, 0.2) is 0 Å². The molecule has 0 atom stereocenters. The van der Waals surface area contributed by atoms with Crippen LogP contribution in [0.3, 0.4) is 0 Å². The fourth-order valence-electron chi connectivity index (χ4n) is 3.36. The van der Waals surface area contributed by atoms with Gasteiger partial charge >= 0.3 is 0 Å². The van der Waals surface area contributed by atoms with E-state index in [1.165, 1.54) is 21.3 Å². The molecular formula is C21H28N2O5S. The largest absolute Gasteiger partial charge is 0.496 e. The second kappa shape index (κ2) is 9.28. The van der Waals surface area contributed by atoms with Gasteiger partial charge in [-0.05, 0) is 44.0 Å². The van der Waals surface area contributed by atoms with Gasteiger partial charge in [-0.25, -0.2) is 8.42 Å². The quantitative estimate of drug-likeness (QED) is 0.710. The predicted octanol–water partition coefficient (Wildman–Crippen LogP) is 2.57. The Kier molecular flexibility index (Phi) is 7.26. The first kappa shape index (κ1) is 22.7. The number of hydrogen-bond acceptors (Lipinski definition) is 5. The zero-order valence-electron chi connectivity index (χ0n) is 17.7. The summed E-state index contributed by atoms with van der Waals surface area (Å²) in [5.74, 6) is 0.736. The van der Waals surface area contributed by atoms with E-state index in [0.717, 1.165) is 9.87 Å². The number of ether oxygens (including phenoxy) is 2. The molecular weight excluding hydrogens is 392 g/mol. The molecule has 0 unspecified atom stereocenters. The fraction of sp³-hybridized carbons (Fsp3) is 0.381. The average Bonchev–Trinajstić information content (AvgIpc) is 2.64. The maximum absolute atomic E-state index is 13.0. The number of nitrogens with zero attached hydrogens (tertiary/aromatic N) is 1. The van der Waals surface area contributed by atoms with Crippen LogP contribution in [0.2, 0.25) is 0 Å². The van der Waals surface area contributed by atoms with E-state index >= 15 is 0 Å². The SMILES string of the molecule is COc1cccc(OC)c1CNC(=O)CN(C)S(=O)(=O)c1c(C)cc(C)cc1C. The minimum absolute atomic E-state index is 0.155. The molecule has 0 saturated carbocycles. The Labute approximate surface area is 172 Å². The summed E-state index contributed by atoms with van der Waals surface area (Å²) in [7, 11) is 0.671. The van der Waals surface area contributed by atoms with E-state index in [1.807, 2.05) is 19.1 Å². The molecule has 29 heavy (non-hydrogen) atoms. The van der Waals surface area contributed by atoms with Gasteiger partial charge in [0.05, 0.1) is 37.8 Å². The van der Waals surface area contributed by atoms with Gasteiger partial charge in [-0.15, -0.1) is 0 Å². The lowest BCUT2D eigenvalue weighted by Gasteiger charge is -2.20. The highest BCUT2D eigenvalue weighted by atomic mass is 32.2. The van der Waals surface area contributed by atoms with E-state index in [4.69, 9.17) is 9.47 Å². The topological polar surface area (TPSA) is 84.9 Å². The highest BCUT2D eigenvalue weighted by Crippen LogP contribution is 2.28. The predicted molar refractivity (Wildman–Crippen MR) is 112 cm³/mol. The summed E-state index contributed by atoms with van der Waals surface area (Å²) < 4.78 is 37.7. The molecule has 0 fully saturated rings. The molecule has 2 rings (SSSR count). The number of benzene rings is 2. The number of carbonyl (C=O) groups is 1. The van der Waals surface area contributed by atoms with Crippen LogP contribution in [0.5, 0.6) is 11.5 Å². The summed E-state index contributed by atoms with van der Waals surface area (Å²) in [5, 5.41) is 2.74. The summed E-state index contributed by atoms with van der Waals surface area (Å²) in [6.07, 6.45) is 0. The summed E-state index contributed by atoms with van der Waals surface area (Å²) in [5.41, 5.74) is 2.99. The molecule has 2 aromatic rings. The zero-order chi connectivity index (χ0) is 21.8. The monoisotopic (exact) mass is 420 g/mol. The maximum atomic E-state index is 13.0. The number of rotatable bonds is 8. The van der Waals surface area contributed by atoms with Gasteiger partial charge in [0.1, 0.15) is 11.5 Å². The van der Waals surface area contributed by atoms with Crippen molar-refractivity contribution in [3.05, 3.63) is 52.6 Å². The highest BCUT2D eigenvalue weighted by molar-refractivity contribution is 7.89. The fourth-order valence-corrected chi connectivity index (χ4v) is 4.89. The van der Waals surface area contributed by atoms with E-state index < -0.39 is 15.9 Å². The first-order valence-electron chi connectivity index (χ1n) is 9.12. The number of amides is 1. The number of likely N-dealkylation sites (N-methyl/N-ethyl adjacent to an activating group) is 1. The molecule has 1 amide bonds. The van der Waals surface area contributed by atoms with Gasteiger partial charge in [-0.3, -0.25) is 4.79 Å². The van der Waals surface area contributed by atoms with Crippen molar-refractivity contribution in [2.24, 2.45) is 0 Å². The van der Waals surface area contributed by atoms with E-state index in [1.54, 1.807) is 32.0 Å². The van der Waals surface area contributed by atoms with Crippen LogP contribution in [0.1, 0.15) is 22.3 Å². The Morgan fingerprint density at radius 1 is 1.03 bits per heavy atom.